The fourth-order valence-corrected chi connectivity index (χ4v) is 5.87. The molecule has 1 fully saturated rings. The van der Waals surface area contributed by atoms with Crippen LogP contribution in [-0.4, -0.2) is 63.1 Å². The summed E-state index contributed by atoms with van der Waals surface area (Å²) in [5.41, 5.74) is -0.244. The van der Waals surface area contributed by atoms with Gasteiger partial charge in [-0.05, 0) is 44.5 Å². The van der Waals surface area contributed by atoms with Crippen LogP contribution in [0.2, 0.25) is 5.02 Å². The van der Waals surface area contributed by atoms with E-state index in [-0.39, 0.29) is 16.9 Å². The molecule has 142 valence electrons. The molecule has 3 rings (SSSR count). The Bertz CT molecular complexity index is 886. The Hall–Kier alpha value is -1.18. The minimum absolute atomic E-state index is 0.0686. The topological polar surface area (TPSA) is 60.9 Å². The Labute approximate surface area is 160 Å². The number of aliphatic hydroxyl groups is 1. The molecule has 0 radical (unpaired) electrons. The highest BCUT2D eigenvalue weighted by atomic mass is 35.5. The summed E-state index contributed by atoms with van der Waals surface area (Å²) in [6, 6.07) is 10.6. The molecule has 0 spiro atoms. The molecule has 0 atom stereocenters. The van der Waals surface area contributed by atoms with Crippen molar-refractivity contribution < 1.29 is 13.5 Å². The van der Waals surface area contributed by atoms with E-state index in [9.17, 15) is 13.5 Å². The molecule has 7 heteroatoms. The third kappa shape index (κ3) is 3.62. The Kier molecular flexibility index (Phi) is 5.61. The van der Waals surface area contributed by atoms with E-state index in [1.165, 1.54) is 4.31 Å². The fraction of sp³-hybridized carbons (Fsp3) is 0.474. The van der Waals surface area contributed by atoms with Gasteiger partial charge in [-0.1, -0.05) is 35.9 Å². The maximum Gasteiger partial charge on any atom is 0.243 e. The zero-order valence-corrected chi connectivity index (χ0v) is 16.7. The van der Waals surface area contributed by atoms with Crippen molar-refractivity contribution in [2.45, 2.75) is 17.7 Å². The summed E-state index contributed by atoms with van der Waals surface area (Å²) in [6.45, 7) is 1.62. The van der Waals surface area contributed by atoms with Gasteiger partial charge in [0.2, 0.25) is 10.0 Å². The fourth-order valence-electron chi connectivity index (χ4n) is 3.85. The lowest BCUT2D eigenvalue weighted by atomic mass is 9.79. The van der Waals surface area contributed by atoms with Crippen molar-refractivity contribution in [1.82, 2.24) is 9.21 Å². The van der Waals surface area contributed by atoms with Gasteiger partial charge < -0.3 is 10.0 Å². The quantitative estimate of drug-likeness (QED) is 0.844. The van der Waals surface area contributed by atoms with Crippen LogP contribution in [0.1, 0.15) is 12.8 Å². The number of hydrogen-bond donors (Lipinski definition) is 1. The first kappa shape index (κ1) is 19.6. The van der Waals surface area contributed by atoms with E-state index >= 15 is 0 Å². The van der Waals surface area contributed by atoms with Crippen LogP contribution in [0.5, 0.6) is 0 Å². The molecule has 5 nitrogen and oxygen atoms in total. The summed E-state index contributed by atoms with van der Waals surface area (Å²) in [5, 5.41) is 11.7. The van der Waals surface area contributed by atoms with E-state index in [1.807, 2.05) is 37.2 Å². The van der Waals surface area contributed by atoms with Crippen molar-refractivity contribution in [2.75, 3.05) is 40.3 Å². The molecular formula is C19H25ClN2O3S. The monoisotopic (exact) mass is 396 g/mol. The maximum atomic E-state index is 13.3. The van der Waals surface area contributed by atoms with Crippen LogP contribution in [0.3, 0.4) is 0 Å². The van der Waals surface area contributed by atoms with Crippen LogP contribution in [-0.2, 0) is 10.0 Å². The predicted octanol–water partition coefficient (Wildman–Crippen LogP) is 2.82. The van der Waals surface area contributed by atoms with E-state index in [0.717, 1.165) is 11.9 Å². The van der Waals surface area contributed by atoms with Gasteiger partial charge in [0.15, 0.2) is 0 Å². The average molecular weight is 397 g/mol. The van der Waals surface area contributed by atoms with Gasteiger partial charge in [-0.15, -0.1) is 0 Å². The van der Waals surface area contributed by atoms with Crippen molar-refractivity contribution in [3.05, 3.63) is 41.4 Å². The molecular weight excluding hydrogens is 372 g/mol. The first-order chi connectivity index (χ1) is 12.3. The first-order valence-electron chi connectivity index (χ1n) is 8.72. The molecule has 0 unspecified atom stereocenters. The van der Waals surface area contributed by atoms with Crippen molar-refractivity contribution in [2.24, 2.45) is 5.41 Å². The van der Waals surface area contributed by atoms with E-state index in [0.29, 0.717) is 36.3 Å². The normalized spacial score (nSPS) is 18.5. The minimum atomic E-state index is -3.64. The number of halogens is 1. The molecule has 0 amide bonds. The number of rotatable bonds is 5. The second-order valence-corrected chi connectivity index (χ2v) is 9.71. The van der Waals surface area contributed by atoms with Crippen LogP contribution in [0.4, 0.5) is 0 Å². The van der Waals surface area contributed by atoms with Gasteiger partial charge in [-0.3, -0.25) is 0 Å². The standard InChI is InChI=1S/C19H25ClN2O3S/c1-21(2)13-19(14-23)9-11-22(12-10-19)26(24,25)17-8-4-6-15-5-3-7-16(20)18(15)17/h3-8,23H,9-14H2,1-2H3. The molecule has 26 heavy (non-hydrogen) atoms. The zero-order chi connectivity index (χ0) is 18.9. The molecule has 1 saturated heterocycles. The highest BCUT2D eigenvalue weighted by Gasteiger charge is 2.39. The van der Waals surface area contributed by atoms with Crippen LogP contribution < -0.4 is 0 Å². The zero-order valence-electron chi connectivity index (χ0n) is 15.2. The molecule has 1 heterocycles. The number of nitrogens with zero attached hydrogens (tertiary/aromatic N) is 2. The Morgan fingerprint density at radius 3 is 2.35 bits per heavy atom. The van der Waals surface area contributed by atoms with Gasteiger partial charge in [0.25, 0.3) is 0 Å². The van der Waals surface area contributed by atoms with Crippen molar-refractivity contribution >= 4 is 32.4 Å². The van der Waals surface area contributed by atoms with Crippen LogP contribution in [0, 0.1) is 5.41 Å². The van der Waals surface area contributed by atoms with E-state index in [1.54, 1.807) is 18.2 Å². The van der Waals surface area contributed by atoms with Gasteiger partial charge in [0.1, 0.15) is 0 Å². The van der Waals surface area contributed by atoms with Crippen molar-refractivity contribution in [1.29, 1.82) is 0 Å². The molecule has 2 aromatic rings. The second kappa shape index (κ2) is 7.44. The minimum Gasteiger partial charge on any atom is -0.396 e. The summed E-state index contributed by atoms with van der Waals surface area (Å²) < 4.78 is 28.1. The lowest BCUT2D eigenvalue weighted by Gasteiger charge is -2.41. The lowest BCUT2D eigenvalue weighted by molar-refractivity contribution is 0.0442. The van der Waals surface area contributed by atoms with Crippen LogP contribution in [0.25, 0.3) is 10.8 Å². The molecule has 1 aliphatic rings. The highest BCUT2D eigenvalue weighted by Crippen LogP contribution is 2.36. The number of sulfonamides is 1. The Balaban J connectivity index is 1.92. The number of piperidine rings is 1. The van der Waals surface area contributed by atoms with Crippen molar-refractivity contribution in [3.8, 4) is 0 Å². The van der Waals surface area contributed by atoms with Gasteiger partial charge in [-0.25, -0.2) is 8.42 Å². The number of hydrogen-bond acceptors (Lipinski definition) is 4. The third-order valence-electron chi connectivity index (χ3n) is 5.20. The van der Waals surface area contributed by atoms with Gasteiger partial charge >= 0.3 is 0 Å². The van der Waals surface area contributed by atoms with Crippen LogP contribution >= 0.6 is 11.6 Å². The third-order valence-corrected chi connectivity index (χ3v) is 7.46. The summed E-state index contributed by atoms with van der Waals surface area (Å²) in [5.74, 6) is 0. The van der Waals surface area contributed by atoms with E-state index in [4.69, 9.17) is 11.6 Å². The summed E-state index contributed by atoms with van der Waals surface area (Å²) in [6.07, 6.45) is 1.28. The van der Waals surface area contributed by atoms with Gasteiger partial charge in [-0.2, -0.15) is 4.31 Å². The van der Waals surface area contributed by atoms with Crippen molar-refractivity contribution in [3.63, 3.8) is 0 Å². The molecule has 0 saturated carbocycles. The molecule has 0 aliphatic carbocycles. The summed E-state index contributed by atoms with van der Waals surface area (Å²) in [4.78, 5) is 2.30. The molecule has 2 aromatic carbocycles. The maximum absolute atomic E-state index is 13.3. The number of benzene rings is 2. The summed E-state index contributed by atoms with van der Waals surface area (Å²) >= 11 is 6.31. The van der Waals surface area contributed by atoms with Gasteiger partial charge in [0.05, 0.1) is 11.5 Å². The second-order valence-electron chi connectivity index (χ2n) is 7.39. The molecule has 0 aromatic heterocycles. The molecule has 0 bridgehead atoms. The molecule has 1 aliphatic heterocycles. The number of fused-ring (bicyclic) bond motifs is 1. The predicted molar refractivity (Wildman–Crippen MR) is 105 cm³/mol. The first-order valence-corrected chi connectivity index (χ1v) is 10.5. The average Bonchev–Trinajstić information content (AvgIpc) is 2.61. The largest absolute Gasteiger partial charge is 0.396 e. The Morgan fingerprint density at radius 1 is 1.15 bits per heavy atom. The SMILES string of the molecule is CN(C)CC1(CO)CCN(S(=O)(=O)c2cccc3cccc(Cl)c23)CC1. The summed E-state index contributed by atoms with van der Waals surface area (Å²) in [7, 11) is 0.297. The number of aliphatic hydroxyl groups excluding tert-OH is 1. The highest BCUT2D eigenvalue weighted by molar-refractivity contribution is 7.89. The lowest BCUT2D eigenvalue weighted by Crippen LogP contribution is -2.48. The van der Waals surface area contributed by atoms with Gasteiger partial charge in [0, 0.05) is 35.5 Å². The smallest absolute Gasteiger partial charge is 0.243 e. The van der Waals surface area contributed by atoms with E-state index < -0.39 is 10.0 Å². The van der Waals surface area contributed by atoms with E-state index in [2.05, 4.69) is 0 Å². The van der Waals surface area contributed by atoms with Crippen LogP contribution in [0.15, 0.2) is 41.3 Å². The Morgan fingerprint density at radius 2 is 1.77 bits per heavy atom. The molecule has 1 N–H and O–H groups in total.